The van der Waals surface area contributed by atoms with Gasteiger partial charge in [0.1, 0.15) is 13.2 Å². The first-order valence-electron chi connectivity index (χ1n) is 11.3. The summed E-state index contributed by atoms with van der Waals surface area (Å²) in [4.78, 5) is 18.1. The second kappa shape index (κ2) is 9.35. The van der Waals surface area contributed by atoms with Crippen LogP contribution in [0.3, 0.4) is 0 Å². The van der Waals surface area contributed by atoms with E-state index in [-0.39, 0.29) is 12.2 Å². The summed E-state index contributed by atoms with van der Waals surface area (Å²) >= 11 is 1.27. The highest BCUT2D eigenvalue weighted by Gasteiger charge is 2.27. The Morgan fingerprint density at radius 2 is 1.86 bits per heavy atom. The van der Waals surface area contributed by atoms with E-state index in [4.69, 9.17) is 18.9 Å². The van der Waals surface area contributed by atoms with Crippen LogP contribution in [0.25, 0.3) is 11.0 Å². The van der Waals surface area contributed by atoms with E-state index < -0.39 is 6.10 Å². The van der Waals surface area contributed by atoms with Gasteiger partial charge in [0.2, 0.25) is 4.96 Å². The smallest absolute Gasteiger partial charge is 0.291 e. The highest BCUT2D eigenvalue weighted by atomic mass is 32.1. The number of fused-ring (bicyclic) bond motifs is 2. The third-order valence-corrected chi connectivity index (χ3v) is 6.68. The maximum Gasteiger partial charge on any atom is 0.291 e. The van der Waals surface area contributed by atoms with E-state index in [1.165, 1.54) is 15.9 Å². The second-order valence-corrected chi connectivity index (χ2v) is 9.14. The van der Waals surface area contributed by atoms with Gasteiger partial charge in [-0.2, -0.15) is 9.50 Å². The molecule has 5 aromatic rings. The summed E-state index contributed by atoms with van der Waals surface area (Å²) in [5, 5.41) is 4.41. The fraction of sp³-hybridized carbons (Fsp3) is 0.148. The van der Waals surface area contributed by atoms with Crippen molar-refractivity contribution in [3.8, 4) is 23.0 Å². The van der Waals surface area contributed by atoms with Gasteiger partial charge in [-0.25, -0.2) is 0 Å². The van der Waals surface area contributed by atoms with Gasteiger partial charge in [-0.05, 0) is 41.5 Å². The fourth-order valence-electron chi connectivity index (χ4n) is 3.91. The van der Waals surface area contributed by atoms with Gasteiger partial charge in [0.25, 0.3) is 5.56 Å². The molecule has 9 heteroatoms. The number of hydrogen-bond acceptors (Lipinski definition) is 8. The number of para-hydroxylation sites is 2. The minimum Gasteiger partial charge on any atom is -0.493 e. The van der Waals surface area contributed by atoms with Crippen LogP contribution in [0.2, 0.25) is 0 Å². The molecule has 0 saturated carbocycles. The Morgan fingerprint density at radius 1 is 1.06 bits per heavy atom. The molecule has 3 heterocycles. The molecule has 0 amide bonds. The lowest BCUT2D eigenvalue weighted by atomic mass is 10.2. The van der Waals surface area contributed by atoms with Crippen LogP contribution in [0.5, 0.6) is 23.0 Å². The molecule has 0 aliphatic carbocycles. The highest BCUT2D eigenvalue weighted by molar-refractivity contribution is 7.15. The number of methoxy groups -OCH3 is 1. The minimum absolute atomic E-state index is 0.241. The van der Waals surface area contributed by atoms with E-state index in [0.29, 0.717) is 44.9 Å². The van der Waals surface area contributed by atoms with Crippen molar-refractivity contribution in [2.45, 2.75) is 12.7 Å². The van der Waals surface area contributed by atoms with Gasteiger partial charge >= 0.3 is 0 Å². The molecule has 3 aromatic carbocycles. The average molecular weight is 500 g/mol. The first-order chi connectivity index (χ1) is 17.7. The topological polar surface area (TPSA) is 84.2 Å². The Hall–Kier alpha value is -4.37. The lowest BCUT2D eigenvalue weighted by Gasteiger charge is -2.24. The van der Waals surface area contributed by atoms with Crippen molar-refractivity contribution in [2.24, 2.45) is 0 Å². The molecule has 8 nitrogen and oxygen atoms in total. The summed E-state index contributed by atoms with van der Waals surface area (Å²) in [6.07, 6.45) is 1.31. The summed E-state index contributed by atoms with van der Waals surface area (Å²) in [6, 6.07) is 22.9. The molecule has 0 bridgehead atoms. The van der Waals surface area contributed by atoms with Crippen LogP contribution in [0, 0.1) is 0 Å². The summed E-state index contributed by atoms with van der Waals surface area (Å²) in [6.45, 7) is 0.711. The van der Waals surface area contributed by atoms with Crippen molar-refractivity contribution >= 4 is 22.4 Å². The number of nitrogens with zero attached hydrogens (tertiary/aromatic N) is 3. The predicted octanol–water partition coefficient (Wildman–Crippen LogP) is 3.80. The standard InChI is InChI=1S/C27H21N3O5S/c1-32-22-13-18(11-12-20(22)33-15-17-7-3-2-4-8-17)14-24-26(31)30-27(36-24)28-25(29-30)23-16-34-19-9-5-6-10-21(19)35-23/h2-14,23H,15-16H2,1H3/b24-14-/t23-/m0/s1. The number of thiazole rings is 1. The molecule has 0 saturated heterocycles. The number of aromatic nitrogens is 3. The van der Waals surface area contributed by atoms with Gasteiger partial charge in [-0.3, -0.25) is 4.79 Å². The van der Waals surface area contributed by atoms with Crippen LogP contribution in [0.1, 0.15) is 23.1 Å². The van der Waals surface area contributed by atoms with Crippen LogP contribution in [0.4, 0.5) is 0 Å². The quantitative estimate of drug-likeness (QED) is 0.351. The lowest BCUT2D eigenvalue weighted by molar-refractivity contribution is 0.0852. The molecule has 1 aliphatic rings. The fourth-order valence-corrected chi connectivity index (χ4v) is 4.83. The number of hydrogen-bond donors (Lipinski definition) is 0. The zero-order valence-electron chi connectivity index (χ0n) is 19.3. The van der Waals surface area contributed by atoms with Crippen molar-refractivity contribution in [1.82, 2.24) is 14.6 Å². The van der Waals surface area contributed by atoms with Gasteiger partial charge in [0.05, 0.1) is 11.6 Å². The molecule has 0 unspecified atom stereocenters. The minimum atomic E-state index is -0.480. The Morgan fingerprint density at radius 3 is 2.67 bits per heavy atom. The molecule has 6 rings (SSSR count). The Bertz CT molecular complexity index is 1650. The first kappa shape index (κ1) is 22.1. The third kappa shape index (κ3) is 4.25. The van der Waals surface area contributed by atoms with Crippen LogP contribution >= 0.6 is 11.3 Å². The summed E-state index contributed by atoms with van der Waals surface area (Å²) < 4.78 is 25.0. The van der Waals surface area contributed by atoms with Crippen molar-refractivity contribution in [2.75, 3.05) is 13.7 Å². The average Bonchev–Trinajstić information content (AvgIpc) is 3.47. The highest BCUT2D eigenvalue weighted by Crippen LogP contribution is 2.35. The molecule has 0 fully saturated rings. The summed E-state index contributed by atoms with van der Waals surface area (Å²) in [5.74, 6) is 2.95. The monoisotopic (exact) mass is 499 g/mol. The molecule has 1 aliphatic heterocycles. The molecular formula is C27H21N3O5S. The van der Waals surface area contributed by atoms with Gasteiger partial charge in [-0.15, -0.1) is 5.10 Å². The predicted molar refractivity (Wildman–Crippen MR) is 135 cm³/mol. The Labute approximate surface area is 210 Å². The van der Waals surface area contributed by atoms with Crippen LogP contribution in [-0.2, 0) is 6.61 Å². The largest absolute Gasteiger partial charge is 0.493 e. The Balaban J connectivity index is 1.24. The molecule has 2 aromatic heterocycles. The lowest BCUT2D eigenvalue weighted by Crippen LogP contribution is -2.26. The maximum atomic E-state index is 13.0. The first-order valence-corrected chi connectivity index (χ1v) is 12.1. The van der Waals surface area contributed by atoms with E-state index >= 15 is 0 Å². The maximum absolute atomic E-state index is 13.0. The molecular weight excluding hydrogens is 478 g/mol. The van der Waals surface area contributed by atoms with Crippen molar-refractivity contribution in [3.05, 3.63) is 105 Å². The molecule has 1 atom stereocenters. The molecule has 0 N–H and O–H groups in total. The van der Waals surface area contributed by atoms with Gasteiger partial charge in [0, 0.05) is 0 Å². The molecule has 36 heavy (non-hydrogen) atoms. The van der Waals surface area contributed by atoms with E-state index in [0.717, 1.165) is 11.1 Å². The zero-order chi connectivity index (χ0) is 24.5. The normalized spacial score (nSPS) is 15.2. The van der Waals surface area contributed by atoms with E-state index in [1.54, 1.807) is 13.2 Å². The SMILES string of the molecule is COc1cc(/C=c2\sc3nc([C@@H]4COc5ccccc5O4)nn3c2=O)ccc1OCc1ccccc1. The summed E-state index contributed by atoms with van der Waals surface area (Å²) in [7, 11) is 1.59. The molecule has 180 valence electrons. The molecule has 0 radical (unpaired) electrons. The number of rotatable bonds is 6. The zero-order valence-corrected chi connectivity index (χ0v) is 20.1. The third-order valence-electron chi connectivity index (χ3n) is 5.72. The van der Waals surface area contributed by atoms with Crippen LogP contribution < -0.4 is 29.0 Å². The van der Waals surface area contributed by atoms with Crippen molar-refractivity contribution in [3.63, 3.8) is 0 Å². The van der Waals surface area contributed by atoms with E-state index in [9.17, 15) is 4.79 Å². The van der Waals surface area contributed by atoms with Crippen LogP contribution in [-0.4, -0.2) is 28.3 Å². The van der Waals surface area contributed by atoms with Gasteiger partial charge in [0.15, 0.2) is 34.9 Å². The van der Waals surface area contributed by atoms with Gasteiger partial charge < -0.3 is 18.9 Å². The number of ether oxygens (including phenoxy) is 4. The van der Waals surface area contributed by atoms with Crippen LogP contribution in [0.15, 0.2) is 77.6 Å². The van der Waals surface area contributed by atoms with Crippen molar-refractivity contribution in [1.29, 1.82) is 0 Å². The molecule has 0 spiro atoms. The second-order valence-electron chi connectivity index (χ2n) is 8.13. The summed E-state index contributed by atoms with van der Waals surface area (Å²) in [5.41, 5.74) is 1.63. The van der Waals surface area contributed by atoms with Gasteiger partial charge in [-0.1, -0.05) is 59.9 Å². The number of benzene rings is 3. The van der Waals surface area contributed by atoms with E-state index in [2.05, 4.69) is 10.1 Å². The van der Waals surface area contributed by atoms with Crippen molar-refractivity contribution < 1.29 is 18.9 Å². The van der Waals surface area contributed by atoms with E-state index in [1.807, 2.05) is 72.8 Å². The Kier molecular flexibility index (Phi) is 5.74.